The third-order valence-electron chi connectivity index (χ3n) is 4.84. The number of carbonyl (C=O) groups is 1. The number of carbonyl (C=O) groups excluding carboxylic acids is 1. The number of nitrogens with zero attached hydrogens (tertiary/aromatic N) is 3. The SMILES string of the molecule is CCCC1=C(C(=O)OCC)[C@@H](c2cc(OC)c(OC)c(OC)c2)n2nc(C)nc2N1. The Balaban J connectivity index is 2.28. The number of rotatable bonds is 8. The van der Waals surface area contributed by atoms with E-state index in [0.29, 0.717) is 41.0 Å². The van der Waals surface area contributed by atoms with E-state index in [9.17, 15) is 4.79 Å². The number of aromatic nitrogens is 3. The van der Waals surface area contributed by atoms with Crippen molar-refractivity contribution in [1.82, 2.24) is 14.8 Å². The normalized spacial score (nSPS) is 15.3. The van der Waals surface area contributed by atoms with Gasteiger partial charge >= 0.3 is 5.97 Å². The molecule has 0 amide bonds. The maximum absolute atomic E-state index is 13.0. The van der Waals surface area contributed by atoms with Crippen LogP contribution >= 0.6 is 0 Å². The molecule has 0 saturated heterocycles. The van der Waals surface area contributed by atoms with Crippen molar-refractivity contribution in [2.45, 2.75) is 39.7 Å². The molecule has 0 saturated carbocycles. The van der Waals surface area contributed by atoms with Crippen molar-refractivity contribution in [2.75, 3.05) is 33.3 Å². The molecule has 9 nitrogen and oxygen atoms in total. The van der Waals surface area contributed by atoms with Gasteiger partial charge in [-0.25, -0.2) is 9.48 Å². The fourth-order valence-corrected chi connectivity index (χ4v) is 3.64. The molecule has 30 heavy (non-hydrogen) atoms. The molecule has 0 aliphatic carbocycles. The molecule has 1 aliphatic rings. The van der Waals surface area contributed by atoms with Gasteiger partial charge in [-0.1, -0.05) is 13.3 Å². The molecule has 1 aliphatic heterocycles. The van der Waals surface area contributed by atoms with E-state index >= 15 is 0 Å². The Kier molecular flexibility index (Phi) is 6.49. The minimum atomic E-state index is -0.559. The van der Waals surface area contributed by atoms with Crippen molar-refractivity contribution >= 4 is 11.9 Å². The van der Waals surface area contributed by atoms with Gasteiger partial charge in [-0.15, -0.1) is 0 Å². The van der Waals surface area contributed by atoms with Crippen LogP contribution in [0.5, 0.6) is 17.2 Å². The molecule has 0 spiro atoms. The molecule has 0 radical (unpaired) electrons. The highest BCUT2D eigenvalue weighted by Gasteiger charge is 2.36. The van der Waals surface area contributed by atoms with E-state index in [-0.39, 0.29) is 6.61 Å². The quantitative estimate of drug-likeness (QED) is 0.655. The van der Waals surface area contributed by atoms with Gasteiger partial charge in [-0.05, 0) is 38.0 Å². The van der Waals surface area contributed by atoms with Gasteiger partial charge in [0, 0.05) is 5.70 Å². The molecule has 162 valence electrons. The minimum Gasteiger partial charge on any atom is -0.493 e. The Labute approximate surface area is 176 Å². The fraction of sp³-hybridized carbons (Fsp3) is 0.476. The second-order valence-corrected chi connectivity index (χ2v) is 6.78. The first-order chi connectivity index (χ1) is 14.5. The van der Waals surface area contributed by atoms with Gasteiger partial charge in [0.1, 0.15) is 11.9 Å². The third kappa shape index (κ3) is 3.79. The minimum absolute atomic E-state index is 0.271. The van der Waals surface area contributed by atoms with Gasteiger partial charge in [0.15, 0.2) is 11.5 Å². The Bertz CT molecular complexity index is 941. The number of hydrogen-bond donors (Lipinski definition) is 1. The number of ether oxygens (including phenoxy) is 4. The zero-order chi connectivity index (χ0) is 21.8. The predicted molar refractivity (Wildman–Crippen MR) is 111 cm³/mol. The number of methoxy groups -OCH3 is 3. The number of anilines is 1. The smallest absolute Gasteiger partial charge is 0.338 e. The lowest BCUT2D eigenvalue weighted by molar-refractivity contribution is -0.139. The van der Waals surface area contributed by atoms with E-state index < -0.39 is 12.0 Å². The van der Waals surface area contributed by atoms with Gasteiger partial charge in [-0.3, -0.25) is 0 Å². The van der Waals surface area contributed by atoms with Crippen LogP contribution < -0.4 is 19.5 Å². The molecule has 3 rings (SSSR count). The second-order valence-electron chi connectivity index (χ2n) is 6.78. The van der Waals surface area contributed by atoms with Crippen LogP contribution in [0.3, 0.4) is 0 Å². The van der Waals surface area contributed by atoms with Gasteiger partial charge in [0.05, 0.1) is 33.5 Å². The topological polar surface area (TPSA) is 96.7 Å². The average Bonchev–Trinajstić information content (AvgIpc) is 3.11. The first-order valence-corrected chi connectivity index (χ1v) is 9.89. The maximum atomic E-state index is 13.0. The Hall–Kier alpha value is -3.23. The molecule has 1 aromatic carbocycles. The van der Waals surface area contributed by atoms with Crippen molar-refractivity contribution < 1.29 is 23.7 Å². The largest absolute Gasteiger partial charge is 0.493 e. The van der Waals surface area contributed by atoms with E-state index in [4.69, 9.17) is 18.9 Å². The van der Waals surface area contributed by atoms with E-state index in [2.05, 4.69) is 22.3 Å². The van der Waals surface area contributed by atoms with Gasteiger partial charge < -0.3 is 24.3 Å². The van der Waals surface area contributed by atoms with E-state index in [1.807, 2.05) is 19.1 Å². The molecule has 0 fully saturated rings. The number of esters is 1. The van der Waals surface area contributed by atoms with Crippen LogP contribution in [-0.2, 0) is 9.53 Å². The lowest BCUT2D eigenvalue weighted by Gasteiger charge is -2.30. The predicted octanol–water partition coefficient (Wildman–Crippen LogP) is 3.24. The van der Waals surface area contributed by atoms with E-state index in [1.54, 1.807) is 32.9 Å². The summed E-state index contributed by atoms with van der Waals surface area (Å²) in [6.45, 7) is 5.92. The monoisotopic (exact) mass is 416 g/mol. The molecule has 2 heterocycles. The van der Waals surface area contributed by atoms with Crippen LogP contribution in [0, 0.1) is 6.92 Å². The van der Waals surface area contributed by atoms with Crippen LogP contribution in [0.25, 0.3) is 0 Å². The maximum Gasteiger partial charge on any atom is 0.338 e. The van der Waals surface area contributed by atoms with Crippen molar-refractivity contribution in [2.24, 2.45) is 0 Å². The van der Waals surface area contributed by atoms with Gasteiger partial charge in [0.2, 0.25) is 11.7 Å². The summed E-state index contributed by atoms with van der Waals surface area (Å²) in [7, 11) is 4.66. The lowest BCUT2D eigenvalue weighted by Crippen LogP contribution is -2.30. The summed E-state index contributed by atoms with van der Waals surface area (Å²) in [5.41, 5.74) is 2.01. The Morgan fingerprint density at radius 1 is 1.13 bits per heavy atom. The first-order valence-electron chi connectivity index (χ1n) is 9.89. The summed E-state index contributed by atoms with van der Waals surface area (Å²) in [4.78, 5) is 17.5. The first kappa shape index (κ1) is 21.5. The van der Waals surface area contributed by atoms with Crippen molar-refractivity contribution in [3.63, 3.8) is 0 Å². The van der Waals surface area contributed by atoms with Crippen molar-refractivity contribution in [3.05, 3.63) is 34.8 Å². The molecule has 1 N–H and O–H groups in total. The van der Waals surface area contributed by atoms with Crippen LogP contribution in [0.1, 0.15) is 44.1 Å². The molecular weight excluding hydrogens is 388 g/mol. The summed E-state index contributed by atoms with van der Waals surface area (Å²) in [6, 6.07) is 3.08. The summed E-state index contributed by atoms with van der Waals surface area (Å²) in [5, 5.41) is 7.81. The number of hydrogen-bond acceptors (Lipinski definition) is 8. The summed E-state index contributed by atoms with van der Waals surface area (Å²) < 4.78 is 23.6. The van der Waals surface area contributed by atoms with Crippen LogP contribution in [0.15, 0.2) is 23.4 Å². The standard InChI is InChI=1S/C21H28N4O5/c1-7-9-14-17(20(26)30-8-2)18(25-21(23-14)22-12(3)24-25)13-10-15(27-4)19(29-6)16(11-13)28-5/h10-11,18H,7-9H2,1-6H3,(H,22,23,24)/t18-/m1/s1. The van der Waals surface area contributed by atoms with Crippen molar-refractivity contribution in [3.8, 4) is 17.2 Å². The number of allylic oxidation sites excluding steroid dienone is 1. The molecule has 0 bridgehead atoms. The molecular formula is C21H28N4O5. The highest BCUT2D eigenvalue weighted by molar-refractivity contribution is 5.92. The Morgan fingerprint density at radius 2 is 1.80 bits per heavy atom. The van der Waals surface area contributed by atoms with E-state index in [1.165, 1.54) is 0 Å². The number of fused-ring (bicyclic) bond motifs is 1. The van der Waals surface area contributed by atoms with Crippen LogP contribution in [0.4, 0.5) is 5.95 Å². The second kappa shape index (κ2) is 9.06. The van der Waals surface area contributed by atoms with Crippen molar-refractivity contribution in [1.29, 1.82) is 0 Å². The zero-order valence-electron chi connectivity index (χ0n) is 18.2. The van der Waals surface area contributed by atoms with Crippen LogP contribution in [0.2, 0.25) is 0 Å². The van der Waals surface area contributed by atoms with Gasteiger partial charge in [0.25, 0.3) is 0 Å². The molecule has 1 aromatic heterocycles. The summed E-state index contributed by atoms with van der Waals surface area (Å²) in [6.07, 6.45) is 1.52. The van der Waals surface area contributed by atoms with Gasteiger partial charge in [-0.2, -0.15) is 10.1 Å². The lowest BCUT2D eigenvalue weighted by atomic mass is 9.93. The molecule has 1 atom stereocenters. The third-order valence-corrected chi connectivity index (χ3v) is 4.84. The summed E-state index contributed by atoms with van der Waals surface area (Å²) >= 11 is 0. The van der Waals surface area contributed by atoms with E-state index in [0.717, 1.165) is 17.7 Å². The van der Waals surface area contributed by atoms with Crippen LogP contribution in [-0.4, -0.2) is 48.7 Å². The molecule has 2 aromatic rings. The average molecular weight is 416 g/mol. The highest BCUT2D eigenvalue weighted by atomic mass is 16.5. The zero-order valence-corrected chi connectivity index (χ0v) is 18.2. The molecule has 9 heteroatoms. The summed E-state index contributed by atoms with van der Waals surface area (Å²) in [5.74, 6) is 2.22. The number of nitrogens with one attached hydrogen (secondary N) is 1. The number of benzene rings is 1. The Morgan fingerprint density at radius 3 is 2.33 bits per heavy atom. The number of aryl methyl sites for hydroxylation is 1. The molecule has 0 unspecified atom stereocenters. The highest BCUT2D eigenvalue weighted by Crippen LogP contribution is 2.44. The fourth-order valence-electron chi connectivity index (χ4n) is 3.64.